The molecule has 2 rings (SSSR count). The van der Waals surface area contributed by atoms with Gasteiger partial charge in [0, 0.05) is 22.7 Å². The van der Waals surface area contributed by atoms with Gasteiger partial charge in [-0.05, 0) is 26.8 Å². The number of nitrogens with one attached hydrogen (secondary N) is 1. The van der Waals surface area contributed by atoms with Crippen LogP contribution in [0.4, 0.5) is 4.39 Å². The molecule has 96 valence electrons. The molecule has 0 saturated heterocycles. The van der Waals surface area contributed by atoms with Gasteiger partial charge in [0.1, 0.15) is 10.8 Å². The Kier molecular flexibility index (Phi) is 4.09. The van der Waals surface area contributed by atoms with Gasteiger partial charge in [0.15, 0.2) is 0 Å². The van der Waals surface area contributed by atoms with Crippen LogP contribution < -0.4 is 5.32 Å². The van der Waals surface area contributed by atoms with E-state index in [0.717, 1.165) is 10.7 Å². The summed E-state index contributed by atoms with van der Waals surface area (Å²) < 4.78 is 13.9. The second-order valence-corrected chi connectivity index (χ2v) is 5.49. The second-order valence-electron chi connectivity index (χ2n) is 4.60. The molecule has 0 bridgehead atoms. The molecule has 0 amide bonds. The summed E-state index contributed by atoms with van der Waals surface area (Å²) in [6, 6.07) is 6.95. The summed E-state index contributed by atoms with van der Waals surface area (Å²) >= 11 is 1.56. The van der Waals surface area contributed by atoms with Crippen LogP contribution in [0.15, 0.2) is 29.6 Å². The van der Waals surface area contributed by atoms with E-state index in [1.165, 1.54) is 6.07 Å². The lowest BCUT2D eigenvalue weighted by Gasteiger charge is -2.20. The van der Waals surface area contributed by atoms with Crippen LogP contribution in [0, 0.1) is 12.7 Å². The molecule has 0 fully saturated rings. The average Bonchev–Trinajstić information content (AvgIpc) is 2.73. The summed E-state index contributed by atoms with van der Waals surface area (Å²) in [5.74, 6) is -0.191. The zero-order valence-electron chi connectivity index (χ0n) is 10.8. The minimum atomic E-state index is -0.191. The van der Waals surface area contributed by atoms with Crippen molar-refractivity contribution < 1.29 is 4.39 Å². The van der Waals surface area contributed by atoms with Crippen LogP contribution in [0.5, 0.6) is 0 Å². The summed E-state index contributed by atoms with van der Waals surface area (Å²) in [7, 11) is 0. The first-order chi connectivity index (χ1) is 8.58. The molecule has 0 aliphatic heterocycles. The van der Waals surface area contributed by atoms with Crippen molar-refractivity contribution in [3.8, 4) is 0 Å². The summed E-state index contributed by atoms with van der Waals surface area (Å²) in [4.78, 5) is 4.47. The average molecular weight is 264 g/mol. The fraction of sp³-hybridized carbons (Fsp3) is 0.357. The SMILES string of the molecule is Cc1csc(C(NC(C)C)c2ccccc2F)n1. The molecule has 18 heavy (non-hydrogen) atoms. The van der Waals surface area contributed by atoms with E-state index < -0.39 is 0 Å². The first-order valence-electron chi connectivity index (χ1n) is 6.00. The van der Waals surface area contributed by atoms with Crippen LogP contribution >= 0.6 is 11.3 Å². The third kappa shape index (κ3) is 2.94. The van der Waals surface area contributed by atoms with Crippen molar-refractivity contribution in [3.05, 3.63) is 51.7 Å². The maximum Gasteiger partial charge on any atom is 0.128 e. The van der Waals surface area contributed by atoms with Gasteiger partial charge < -0.3 is 5.32 Å². The molecule has 0 spiro atoms. The lowest BCUT2D eigenvalue weighted by Crippen LogP contribution is -2.29. The van der Waals surface area contributed by atoms with Crippen molar-refractivity contribution >= 4 is 11.3 Å². The number of hydrogen-bond acceptors (Lipinski definition) is 3. The van der Waals surface area contributed by atoms with E-state index in [9.17, 15) is 4.39 Å². The Hall–Kier alpha value is -1.26. The van der Waals surface area contributed by atoms with E-state index >= 15 is 0 Å². The zero-order valence-corrected chi connectivity index (χ0v) is 11.6. The standard InChI is InChI=1S/C14H17FN2S/c1-9(2)16-13(14-17-10(3)8-18-14)11-6-4-5-7-12(11)15/h4-9,13,16H,1-3H3. The minimum absolute atomic E-state index is 0.176. The van der Waals surface area contributed by atoms with Crippen LogP contribution in [0.1, 0.15) is 36.2 Å². The maximum atomic E-state index is 13.9. The van der Waals surface area contributed by atoms with Crippen molar-refractivity contribution in [1.82, 2.24) is 10.3 Å². The first kappa shape index (κ1) is 13.2. The molecule has 1 aromatic carbocycles. The Bertz CT molecular complexity index is 522. The van der Waals surface area contributed by atoms with E-state index in [-0.39, 0.29) is 17.9 Å². The van der Waals surface area contributed by atoms with Crippen molar-refractivity contribution in [3.63, 3.8) is 0 Å². The Balaban J connectivity index is 2.40. The Morgan fingerprint density at radius 2 is 2.00 bits per heavy atom. The van der Waals surface area contributed by atoms with Gasteiger partial charge in [-0.1, -0.05) is 18.2 Å². The number of hydrogen-bond donors (Lipinski definition) is 1. The highest BCUT2D eigenvalue weighted by atomic mass is 32.1. The Morgan fingerprint density at radius 3 is 2.56 bits per heavy atom. The van der Waals surface area contributed by atoms with Gasteiger partial charge in [0.25, 0.3) is 0 Å². The smallest absolute Gasteiger partial charge is 0.128 e. The molecule has 1 unspecified atom stereocenters. The van der Waals surface area contributed by atoms with Gasteiger partial charge in [0.05, 0.1) is 6.04 Å². The van der Waals surface area contributed by atoms with Crippen molar-refractivity contribution in [1.29, 1.82) is 0 Å². The number of benzene rings is 1. The van der Waals surface area contributed by atoms with Gasteiger partial charge >= 0.3 is 0 Å². The van der Waals surface area contributed by atoms with Crippen molar-refractivity contribution in [2.75, 3.05) is 0 Å². The molecule has 0 aliphatic rings. The van der Waals surface area contributed by atoms with Gasteiger partial charge in [-0.2, -0.15) is 0 Å². The Labute approximate surface area is 111 Å². The molecule has 1 N–H and O–H groups in total. The van der Waals surface area contributed by atoms with Gasteiger partial charge in [-0.3, -0.25) is 0 Å². The quantitative estimate of drug-likeness (QED) is 0.911. The molecule has 0 saturated carbocycles. The second kappa shape index (κ2) is 5.59. The summed E-state index contributed by atoms with van der Waals surface area (Å²) in [5.41, 5.74) is 1.63. The van der Waals surface area contributed by atoms with E-state index in [0.29, 0.717) is 5.56 Å². The number of nitrogens with zero attached hydrogens (tertiary/aromatic N) is 1. The molecule has 4 heteroatoms. The van der Waals surface area contributed by atoms with Gasteiger partial charge in [-0.15, -0.1) is 11.3 Å². The zero-order chi connectivity index (χ0) is 13.1. The monoisotopic (exact) mass is 264 g/mol. The highest BCUT2D eigenvalue weighted by Gasteiger charge is 2.20. The first-order valence-corrected chi connectivity index (χ1v) is 6.88. The molecule has 1 aromatic heterocycles. The minimum Gasteiger partial charge on any atom is -0.302 e. The predicted molar refractivity (Wildman–Crippen MR) is 73.4 cm³/mol. The van der Waals surface area contributed by atoms with Crippen LogP contribution in [0.3, 0.4) is 0 Å². The molecule has 2 nitrogen and oxygen atoms in total. The van der Waals surface area contributed by atoms with E-state index in [2.05, 4.69) is 10.3 Å². The summed E-state index contributed by atoms with van der Waals surface area (Å²) in [6.07, 6.45) is 0. The molecular formula is C14H17FN2S. The summed E-state index contributed by atoms with van der Waals surface area (Å²) in [6.45, 7) is 6.05. The fourth-order valence-electron chi connectivity index (χ4n) is 1.84. The van der Waals surface area contributed by atoms with Crippen LogP contribution in [0.2, 0.25) is 0 Å². The highest BCUT2D eigenvalue weighted by Crippen LogP contribution is 2.27. The van der Waals surface area contributed by atoms with Crippen LogP contribution in [-0.2, 0) is 0 Å². The fourth-order valence-corrected chi connectivity index (χ4v) is 2.71. The normalized spacial score (nSPS) is 12.9. The topological polar surface area (TPSA) is 24.9 Å². The molecule has 0 radical (unpaired) electrons. The molecular weight excluding hydrogens is 247 g/mol. The number of rotatable bonds is 4. The predicted octanol–water partition coefficient (Wildman–Crippen LogP) is 3.68. The van der Waals surface area contributed by atoms with Crippen molar-refractivity contribution in [2.45, 2.75) is 32.9 Å². The van der Waals surface area contributed by atoms with E-state index in [4.69, 9.17) is 0 Å². The third-order valence-electron chi connectivity index (χ3n) is 2.60. The molecule has 0 aliphatic carbocycles. The van der Waals surface area contributed by atoms with Crippen molar-refractivity contribution in [2.24, 2.45) is 0 Å². The van der Waals surface area contributed by atoms with E-state index in [1.54, 1.807) is 17.4 Å². The Morgan fingerprint density at radius 1 is 1.28 bits per heavy atom. The number of aromatic nitrogens is 1. The van der Waals surface area contributed by atoms with E-state index in [1.807, 2.05) is 38.3 Å². The molecule has 1 heterocycles. The lowest BCUT2D eigenvalue weighted by molar-refractivity contribution is 0.501. The van der Waals surface area contributed by atoms with Gasteiger partial charge in [0.2, 0.25) is 0 Å². The number of aryl methyl sites for hydroxylation is 1. The number of halogens is 1. The highest BCUT2D eigenvalue weighted by molar-refractivity contribution is 7.09. The number of thiazole rings is 1. The third-order valence-corrected chi connectivity index (χ3v) is 3.63. The van der Waals surface area contributed by atoms with Gasteiger partial charge in [-0.25, -0.2) is 9.37 Å². The molecule has 1 atom stereocenters. The molecule has 2 aromatic rings. The van der Waals surface area contributed by atoms with Crippen LogP contribution in [0.25, 0.3) is 0 Å². The largest absolute Gasteiger partial charge is 0.302 e. The summed E-state index contributed by atoms with van der Waals surface area (Å²) in [5, 5.41) is 6.27. The maximum absolute atomic E-state index is 13.9. The lowest BCUT2D eigenvalue weighted by atomic mass is 10.1. The van der Waals surface area contributed by atoms with Crippen LogP contribution in [-0.4, -0.2) is 11.0 Å².